The molecule has 0 aliphatic heterocycles. The highest BCUT2D eigenvalue weighted by Gasteiger charge is 2.39. The van der Waals surface area contributed by atoms with Crippen molar-refractivity contribution in [1.29, 1.82) is 0 Å². The number of hydrogen-bond acceptors (Lipinski definition) is 6. The number of ether oxygens (including phenoxy) is 2. The predicted octanol–water partition coefficient (Wildman–Crippen LogP) is 6.32. The molecule has 2 aromatic rings. The van der Waals surface area contributed by atoms with Crippen LogP contribution in [0, 0.1) is 0 Å². The van der Waals surface area contributed by atoms with Gasteiger partial charge in [0.05, 0.1) is 12.8 Å². The van der Waals surface area contributed by atoms with Crippen molar-refractivity contribution in [1.82, 2.24) is 9.99 Å². The molecular formula is C25H35N2O6P. The smallest absolute Gasteiger partial charge is 0.419 e. The SMILES string of the molecule is CC(C)(C)OC(=O)NCN(C(=O)OC(C)(C)C)P(=O)(Cc1ccccc1)OCc1ccccc1. The predicted molar refractivity (Wildman–Crippen MR) is 131 cm³/mol. The number of rotatable bonds is 8. The molecule has 0 radical (unpaired) electrons. The first-order valence-corrected chi connectivity index (χ1v) is 12.8. The molecule has 0 heterocycles. The van der Waals surface area contributed by atoms with E-state index in [0.717, 1.165) is 10.2 Å². The normalized spacial score (nSPS) is 13.5. The molecule has 1 N–H and O–H groups in total. The fourth-order valence-corrected chi connectivity index (χ4v) is 4.83. The Morgan fingerprint density at radius 2 is 1.32 bits per heavy atom. The van der Waals surface area contributed by atoms with E-state index in [1.54, 1.807) is 53.7 Å². The molecule has 186 valence electrons. The van der Waals surface area contributed by atoms with Crippen LogP contribution in [0.3, 0.4) is 0 Å². The number of amides is 2. The van der Waals surface area contributed by atoms with Gasteiger partial charge in [0, 0.05) is 0 Å². The van der Waals surface area contributed by atoms with Gasteiger partial charge in [-0.15, -0.1) is 0 Å². The topological polar surface area (TPSA) is 94.2 Å². The highest BCUT2D eigenvalue weighted by molar-refractivity contribution is 7.56. The Hall–Kier alpha value is -2.83. The zero-order valence-corrected chi connectivity index (χ0v) is 21.6. The van der Waals surface area contributed by atoms with Crippen LogP contribution in [0.25, 0.3) is 0 Å². The first-order chi connectivity index (χ1) is 15.8. The molecule has 1 unspecified atom stereocenters. The Morgan fingerprint density at radius 1 is 0.824 bits per heavy atom. The molecule has 2 amide bonds. The van der Waals surface area contributed by atoms with Gasteiger partial charge in [-0.25, -0.2) is 14.3 Å². The van der Waals surface area contributed by atoms with Crippen molar-refractivity contribution in [2.75, 3.05) is 6.67 Å². The van der Waals surface area contributed by atoms with Gasteiger partial charge < -0.3 is 19.3 Å². The minimum Gasteiger partial charge on any atom is -0.444 e. The van der Waals surface area contributed by atoms with Crippen LogP contribution in [0.4, 0.5) is 9.59 Å². The Morgan fingerprint density at radius 3 is 1.82 bits per heavy atom. The van der Waals surface area contributed by atoms with Crippen LogP contribution in [-0.2, 0) is 31.3 Å². The summed E-state index contributed by atoms with van der Waals surface area (Å²) in [6, 6.07) is 18.3. The third-order valence-corrected chi connectivity index (χ3v) is 6.58. The Kier molecular flexibility index (Phi) is 9.30. The van der Waals surface area contributed by atoms with Gasteiger partial charge in [-0.1, -0.05) is 60.7 Å². The highest BCUT2D eigenvalue weighted by atomic mass is 31.2. The lowest BCUT2D eigenvalue weighted by atomic mass is 10.2. The summed E-state index contributed by atoms with van der Waals surface area (Å²) in [5.41, 5.74) is -0.0823. The third kappa shape index (κ3) is 9.57. The number of alkyl carbamates (subject to hydrolysis) is 1. The number of benzene rings is 2. The first kappa shape index (κ1) is 27.4. The Labute approximate surface area is 202 Å². The van der Waals surface area contributed by atoms with Crippen LogP contribution < -0.4 is 5.32 Å². The molecule has 2 rings (SSSR count). The molecule has 34 heavy (non-hydrogen) atoms. The maximum Gasteiger partial charge on any atom is 0.419 e. The molecule has 9 heteroatoms. The first-order valence-electron chi connectivity index (χ1n) is 11.1. The van der Waals surface area contributed by atoms with E-state index in [0.29, 0.717) is 5.56 Å². The molecule has 0 spiro atoms. The van der Waals surface area contributed by atoms with Crippen molar-refractivity contribution in [3.63, 3.8) is 0 Å². The lowest BCUT2D eigenvalue weighted by Gasteiger charge is -2.33. The standard InChI is InChI=1S/C25H35N2O6P/c1-24(2,3)32-22(28)26-19-27(23(29)33-25(4,5)6)34(30,18-21-15-11-8-12-16-21)31-17-20-13-9-7-10-14-20/h7-16H,17-19H2,1-6H3,(H,26,28). The van der Waals surface area contributed by atoms with Gasteiger partial charge in [-0.2, -0.15) is 0 Å². The fourth-order valence-electron chi connectivity index (χ4n) is 2.83. The van der Waals surface area contributed by atoms with Crippen molar-refractivity contribution >= 4 is 19.7 Å². The lowest BCUT2D eigenvalue weighted by molar-refractivity contribution is 0.0321. The maximum absolute atomic E-state index is 14.3. The van der Waals surface area contributed by atoms with Crippen molar-refractivity contribution < 1.29 is 28.2 Å². The third-order valence-electron chi connectivity index (χ3n) is 4.25. The van der Waals surface area contributed by atoms with Crippen molar-refractivity contribution in [2.24, 2.45) is 0 Å². The van der Waals surface area contributed by atoms with E-state index in [4.69, 9.17) is 14.0 Å². The average Bonchev–Trinajstić information content (AvgIpc) is 2.71. The number of carbonyl (C=O) groups is 2. The van der Waals surface area contributed by atoms with Crippen LogP contribution in [0.2, 0.25) is 0 Å². The summed E-state index contributed by atoms with van der Waals surface area (Å²) in [4.78, 5) is 25.5. The van der Waals surface area contributed by atoms with Crippen LogP contribution in [-0.4, -0.2) is 34.7 Å². The minimum absolute atomic E-state index is 0.0106. The quantitative estimate of drug-likeness (QED) is 0.344. The summed E-state index contributed by atoms with van der Waals surface area (Å²) in [7, 11) is -3.88. The monoisotopic (exact) mass is 490 g/mol. The Bertz CT molecular complexity index is 984. The average molecular weight is 491 g/mol. The molecule has 0 aliphatic carbocycles. The summed E-state index contributed by atoms with van der Waals surface area (Å²) >= 11 is 0. The molecule has 8 nitrogen and oxygen atoms in total. The van der Waals surface area contributed by atoms with Crippen LogP contribution >= 0.6 is 7.52 Å². The van der Waals surface area contributed by atoms with E-state index in [9.17, 15) is 14.2 Å². The summed E-state index contributed by atoms with van der Waals surface area (Å²) in [6.07, 6.45) is -1.68. The molecule has 1 atom stereocenters. The molecule has 0 fully saturated rings. The van der Waals surface area contributed by atoms with E-state index in [1.807, 2.05) is 48.5 Å². The molecule has 0 saturated heterocycles. The summed E-state index contributed by atoms with van der Waals surface area (Å²) < 4.78 is 32.0. The highest BCUT2D eigenvalue weighted by Crippen LogP contribution is 2.54. The summed E-state index contributed by atoms with van der Waals surface area (Å²) in [5, 5.41) is 2.51. The van der Waals surface area contributed by atoms with Crippen molar-refractivity contribution in [3.05, 3.63) is 71.8 Å². The summed E-state index contributed by atoms with van der Waals surface area (Å²) in [5.74, 6) is 0. The van der Waals surface area contributed by atoms with Gasteiger partial charge in [-0.3, -0.25) is 4.57 Å². The van der Waals surface area contributed by atoms with Gasteiger partial charge in [-0.05, 0) is 52.7 Å². The largest absolute Gasteiger partial charge is 0.444 e. The molecular weight excluding hydrogens is 455 g/mol. The zero-order valence-electron chi connectivity index (χ0n) is 20.7. The van der Waals surface area contributed by atoms with E-state index in [1.165, 1.54) is 0 Å². The number of nitrogens with zero attached hydrogens (tertiary/aromatic N) is 1. The maximum atomic E-state index is 14.3. The minimum atomic E-state index is -3.88. The van der Waals surface area contributed by atoms with Crippen LogP contribution in [0.5, 0.6) is 0 Å². The van der Waals surface area contributed by atoms with E-state index in [2.05, 4.69) is 5.32 Å². The van der Waals surface area contributed by atoms with Crippen LogP contribution in [0.1, 0.15) is 52.7 Å². The Balaban J connectivity index is 2.37. The van der Waals surface area contributed by atoms with Gasteiger partial charge in [0.25, 0.3) is 0 Å². The molecule has 0 bridgehead atoms. The second-order valence-corrected chi connectivity index (χ2v) is 12.1. The second kappa shape index (κ2) is 11.5. The van der Waals surface area contributed by atoms with Gasteiger partial charge in [0.1, 0.15) is 17.9 Å². The lowest BCUT2D eigenvalue weighted by Crippen LogP contribution is -2.44. The number of nitrogens with one attached hydrogen (secondary N) is 1. The molecule has 0 aromatic heterocycles. The number of carbonyl (C=O) groups excluding carboxylic acids is 2. The zero-order chi connectivity index (χ0) is 25.4. The van der Waals surface area contributed by atoms with E-state index in [-0.39, 0.29) is 12.8 Å². The van der Waals surface area contributed by atoms with E-state index < -0.39 is 37.6 Å². The molecule has 0 aliphatic rings. The number of hydrogen-bond donors (Lipinski definition) is 1. The van der Waals surface area contributed by atoms with Crippen molar-refractivity contribution in [3.8, 4) is 0 Å². The molecule has 2 aromatic carbocycles. The fraction of sp³-hybridized carbons (Fsp3) is 0.440. The van der Waals surface area contributed by atoms with E-state index >= 15 is 0 Å². The molecule has 0 saturated carbocycles. The second-order valence-electron chi connectivity index (χ2n) is 9.76. The van der Waals surface area contributed by atoms with Gasteiger partial charge in [0.2, 0.25) is 0 Å². The van der Waals surface area contributed by atoms with Gasteiger partial charge >= 0.3 is 19.7 Å². The van der Waals surface area contributed by atoms with Gasteiger partial charge in [0.15, 0.2) is 0 Å². The van der Waals surface area contributed by atoms with Crippen molar-refractivity contribution in [2.45, 2.75) is 65.5 Å². The van der Waals surface area contributed by atoms with Crippen LogP contribution in [0.15, 0.2) is 60.7 Å². The summed E-state index contributed by atoms with van der Waals surface area (Å²) in [6.45, 7) is 9.88.